The second-order valence-corrected chi connectivity index (χ2v) is 9.23. The lowest BCUT2D eigenvalue weighted by Gasteiger charge is -2.21. The summed E-state index contributed by atoms with van der Waals surface area (Å²) in [4.78, 5) is 29.2. The molecule has 10 heteroatoms. The van der Waals surface area contributed by atoms with E-state index in [9.17, 15) is 0 Å². The van der Waals surface area contributed by atoms with Crippen LogP contribution in [0, 0.1) is 11.8 Å². The van der Waals surface area contributed by atoms with Gasteiger partial charge < -0.3 is 15.6 Å². The molecule has 152 valence electrons. The van der Waals surface area contributed by atoms with Crippen molar-refractivity contribution in [3.63, 3.8) is 0 Å². The number of hydrogen-bond donors (Lipinski definition) is 2. The number of nitrogens with two attached hydrogens (primary N) is 1. The molecule has 6 rings (SSSR count). The molecule has 3 atom stereocenters. The van der Waals surface area contributed by atoms with Gasteiger partial charge in [0, 0.05) is 48.3 Å². The Morgan fingerprint density at radius 2 is 2.00 bits per heavy atom. The standard InChI is InChI=1S/C20H19ClN8S/c1-2-12-15(21)14-18(26-12)27-20(28-19(14)29-7-10-11(8-29)16(10)22)30-9-5-13-17(25-6-9)24-4-3-23-13/h3-6,10-11,16H,2,7-8,22H2,1H3,(H,26,27,28)/t10-,11+,16+. The number of halogens is 1. The summed E-state index contributed by atoms with van der Waals surface area (Å²) in [5.74, 6) is 1.99. The van der Waals surface area contributed by atoms with E-state index in [1.165, 1.54) is 11.8 Å². The highest BCUT2D eigenvalue weighted by Gasteiger charge is 2.54. The minimum atomic E-state index is 0.324. The second kappa shape index (κ2) is 6.76. The van der Waals surface area contributed by atoms with Crippen molar-refractivity contribution >= 4 is 51.4 Å². The summed E-state index contributed by atoms with van der Waals surface area (Å²) in [5, 5.41) is 2.26. The van der Waals surface area contributed by atoms with Crippen LogP contribution in [0.1, 0.15) is 12.6 Å². The highest BCUT2D eigenvalue weighted by molar-refractivity contribution is 7.99. The number of nitrogens with zero attached hydrogens (tertiary/aromatic N) is 6. The maximum absolute atomic E-state index is 6.70. The van der Waals surface area contributed by atoms with Crippen LogP contribution in [-0.4, -0.2) is 49.0 Å². The predicted octanol–water partition coefficient (Wildman–Crippen LogP) is 3.06. The number of hydrogen-bond acceptors (Lipinski definition) is 8. The maximum atomic E-state index is 6.70. The van der Waals surface area contributed by atoms with E-state index in [4.69, 9.17) is 27.3 Å². The number of piperidine rings is 1. The smallest absolute Gasteiger partial charge is 0.196 e. The van der Waals surface area contributed by atoms with E-state index in [0.29, 0.717) is 33.7 Å². The maximum Gasteiger partial charge on any atom is 0.196 e. The topological polar surface area (TPSA) is 109 Å². The summed E-state index contributed by atoms with van der Waals surface area (Å²) in [6.45, 7) is 3.90. The molecule has 3 N–H and O–H groups in total. The molecule has 0 bridgehead atoms. The van der Waals surface area contributed by atoms with Crippen LogP contribution in [0.2, 0.25) is 5.02 Å². The molecule has 1 aliphatic heterocycles. The van der Waals surface area contributed by atoms with Crippen LogP contribution >= 0.6 is 23.4 Å². The molecule has 5 heterocycles. The Bertz CT molecular complexity index is 1280. The molecule has 2 aliphatic rings. The summed E-state index contributed by atoms with van der Waals surface area (Å²) in [6, 6.07) is 2.28. The van der Waals surface area contributed by atoms with Gasteiger partial charge in [-0.05, 0) is 36.1 Å². The minimum Gasteiger partial charge on any atom is -0.355 e. The SMILES string of the molecule is CCc1[nH]c2nc(Sc3cnc4nccnc4c3)nc(N3C[C@@H]4[C@@H](N)[C@@H]4C3)c2c1Cl. The fourth-order valence-electron chi connectivity index (χ4n) is 4.33. The number of fused-ring (bicyclic) bond motifs is 3. The lowest BCUT2D eigenvalue weighted by Crippen LogP contribution is -2.29. The molecular weight excluding hydrogens is 420 g/mol. The van der Waals surface area contributed by atoms with Crippen LogP contribution in [0.3, 0.4) is 0 Å². The summed E-state index contributed by atoms with van der Waals surface area (Å²) >= 11 is 8.16. The lowest BCUT2D eigenvalue weighted by atomic mass is 10.2. The number of rotatable bonds is 4. The van der Waals surface area contributed by atoms with E-state index >= 15 is 0 Å². The zero-order chi connectivity index (χ0) is 20.4. The van der Waals surface area contributed by atoms with Crippen molar-refractivity contribution < 1.29 is 0 Å². The highest BCUT2D eigenvalue weighted by Crippen LogP contribution is 2.47. The van der Waals surface area contributed by atoms with E-state index in [-0.39, 0.29) is 0 Å². The van der Waals surface area contributed by atoms with Gasteiger partial charge >= 0.3 is 0 Å². The Labute approximate surface area is 181 Å². The summed E-state index contributed by atoms with van der Waals surface area (Å²) in [5.41, 5.74) is 9.25. The second-order valence-electron chi connectivity index (χ2n) is 7.81. The third-order valence-electron chi connectivity index (χ3n) is 6.04. The van der Waals surface area contributed by atoms with E-state index in [1.54, 1.807) is 18.6 Å². The van der Waals surface area contributed by atoms with Crippen molar-refractivity contribution in [3.05, 3.63) is 35.4 Å². The first kappa shape index (κ1) is 18.3. The fraction of sp³-hybridized carbons (Fsp3) is 0.350. The van der Waals surface area contributed by atoms with E-state index < -0.39 is 0 Å². The molecule has 4 aromatic rings. The van der Waals surface area contributed by atoms with Crippen LogP contribution in [-0.2, 0) is 6.42 Å². The number of anilines is 1. The van der Waals surface area contributed by atoms with E-state index in [1.807, 2.05) is 6.07 Å². The van der Waals surface area contributed by atoms with Gasteiger partial charge in [0.25, 0.3) is 0 Å². The first-order valence-corrected chi connectivity index (χ1v) is 11.1. The molecular formula is C20H19ClN8S. The largest absolute Gasteiger partial charge is 0.355 e. The van der Waals surface area contributed by atoms with Crippen LogP contribution in [0.4, 0.5) is 5.82 Å². The van der Waals surface area contributed by atoms with Gasteiger partial charge in [-0.15, -0.1) is 0 Å². The summed E-state index contributed by atoms with van der Waals surface area (Å²) < 4.78 is 0. The van der Waals surface area contributed by atoms with Crippen LogP contribution in [0.5, 0.6) is 0 Å². The van der Waals surface area contributed by atoms with E-state index in [2.05, 4.69) is 31.8 Å². The quantitative estimate of drug-likeness (QED) is 0.468. The van der Waals surface area contributed by atoms with Crippen molar-refractivity contribution in [1.82, 2.24) is 29.9 Å². The summed E-state index contributed by atoms with van der Waals surface area (Å²) in [7, 11) is 0. The van der Waals surface area contributed by atoms with Crippen LogP contribution < -0.4 is 10.6 Å². The van der Waals surface area contributed by atoms with Crippen molar-refractivity contribution in [2.75, 3.05) is 18.0 Å². The molecule has 30 heavy (non-hydrogen) atoms. The lowest BCUT2D eigenvalue weighted by molar-refractivity contribution is 0.732. The van der Waals surface area contributed by atoms with Gasteiger partial charge in [0.1, 0.15) is 17.0 Å². The molecule has 2 fully saturated rings. The molecule has 4 aromatic heterocycles. The first-order chi connectivity index (χ1) is 14.6. The molecule has 8 nitrogen and oxygen atoms in total. The van der Waals surface area contributed by atoms with Gasteiger partial charge in [0.2, 0.25) is 0 Å². The van der Waals surface area contributed by atoms with E-state index in [0.717, 1.165) is 52.5 Å². The number of aryl methyl sites for hydroxylation is 1. The number of pyridine rings is 1. The van der Waals surface area contributed by atoms with Gasteiger partial charge in [-0.1, -0.05) is 18.5 Å². The third-order valence-corrected chi connectivity index (χ3v) is 7.29. The molecule has 0 aromatic carbocycles. The van der Waals surface area contributed by atoms with Crippen molar-refractivity contribution in [2.45, 2.75) is 29.4 Å². The van der Waals surface area contributed by atoms with Crippen molar-refractivity contribution in [1.29, 1.82) is 0 Å². The predicted molar refractivity (Wildman–Crippen MR) is 117 cm³/mol. The van der Waals surface area contributed by atoms with Gasteiger partial charge in [0.15, 0.2) is 10.8 Å². The fourth-order valence-corrected chi connectivity index (χ4v) is 5.44. The zero-order valence-electron chi connectivity index (χ0n) is 16.2. The number of H-pyrrole nitrogens is 1. The highest BCUT2D eigenvalue weighted by atomic mass is 35.5. The molecule has 1 aliphatic carbocycles. The normalized spacial score (nSPS) is 22.8. The van der Waals surface area contributed by atoms with Gasteiger partial charge in [-0.25, -0.2) is 19.9 Å². The Kier molecular flexibility index (Phi) is 4.12. The monoisotopic (exact) mass is 438 g/mol. The zero-order valence-corrected chi connectivity index (χ0v) is 17.8. The Morgan fingerprint density at radius 1 is 1.20 bits per heavy atom. The summed E-state index contributed by atoms with van der Waals surface area (Å²) in [6.07, 6.45) is 5.88. The Morgan fingerprint density at radius 3 is 2.80 bits per heavy atom. The number of aromatic nitrogens is 6. The minimum absolute atomic E-state index is 0.324. The number of nitrogens with one attached hydrogen (secondary N) is 1. The molecule has 0 unspecified atom stereocenters. The Hall–Kier alpha value is -2.49. The molecule has 0 amide bonds. The molecule has 1 saturated carbocycles. The van der Waals surface area contributed by atoms with Crippen molar-refractivity contribution in [3.8, 4) is 0 Å². The average molecular weight is 439 g/mol. The van der Waals surface area contributed by atoms with Crippen LogP contribution in [0.15, 0.2) is 34.7 Å². The molecule has 1 saturated heterocycles. The average Bonchev–Trinajstić information content (AvgIpc) is 3.10. The number of aromatic amines is 1. The molecule has 0 radical (unpaired) electrons. The Balaban J connectivity index is 1.42. The van der Waals surface area contributed by atoms with Gasteiger partial charge in [-0.2, -0.15) is 0 Å². The van der Waals surface area contributed by atoms with Crippen LogP contribution in [0.25, 0.3) is 22.2 Å². The molecule has 0 spiro atoms. The first-order valence-electron chi connectivity index (χ1n) is 9.95. The van der Waals surface area contributed by atoms with Crippen molar-refractivity contribution in [2.24, 2.45) is 17.6 Å². The van der Waals surface area contributed by atoms with Gasteiger partial charge in [-0.3, -0.25) is 4.98 Å². The van der Waals surface area contributed by atoms with Gasteiger partial charge in [0.05, 0.1) is 10.4 Å². The third kappa shape index (κ3) is 2.84.